The monoisotopic (exact) mass is 534 g/mol. The van der Waals surface area contributed by atoms with E-state index in [4.69, 9.17) is 0 Å². The second kappa shape index (κ2) is 10.9. The number of hydrogen-bond donors (Lipinski definition) is 3. The quantitative estimate of drug-likeness (QED) is 0.448. The van der Waals surface area contributed by atoms with Crippen molar-refractivity contribution < 1.29 is 18.0 Å². The highest BCUT2D eigenvalue weighted by Gasteiger charge is 2.37. The fraction of sp³-hybridized carbons (Fsp3) is 0.321. The van der Waals surface area contributed by atoms with Gasteiger partial charge in [-0.2, -0.15) is 0 Å². The molecular weight excluding hydrogens is 504 g/mol. The maximum Gasteiger partial charge on any atom is 0.247 e. The van der Waals surface area contributed by atoms with Gasteiger partial charge >= 0.3 is 0 Å². The standard InChI is InChI=1S/C28H30N4O5S/c33-26-15-10-22(16-29-26)19-8-13-24(14-9-19)38(36,37)31-23-11-6-21(7-12-23)28(35)32-18-27(34)30-17-25(32)20-4-2-1-3-5-20/h1-5,8-10,13-16,21,23,25,31H,6-7,11-12,17-18H2,(H,29,33)(H,30,34)/t21?,23?,25-/m1/s1. The molecule has 1 saturated heterocycles. The van der Waals surface area contributed by atoms with Gasteiger partial charge < -0.3 is 15.2 Å². The third-order valence-electron chi connectivity index (χ3n) is 7.33. The number of aromatic nitrogens is 1. The zero-order valence-corrected chi connectivity index (χ0v) is 21.6. The Morgan fingerprint density at radius 2 is 1.55 bits per heavy atom. The molecule has 2 aliphatic rings. The number of nitrogens with zero attached hydrogens (tertiary/aromatic N) is 1. The van der Waals surface area contributed by atoms with E-state index in [1.54, 1.807) is 41.4 Å². The number of H-pyrrole nitrogens is 1. The van der Waals surface area contributed by atoms with Gasteiger partial charge in [0, 0.05) is 30.8 Å². The summed E-state index contributed by atoms with van der Waals surface area (Å²) < 4.78 is 28.8. The first-order valence-corrected chi connectivity index (χ1v) is 14.2. The smallest absolute Gasteiger partial charge is 0.247 e. The fourth-order valence-electron chi connectivity index (χ4n) is 5.24. The van der Waals surface area contributed by atoms with E-state index in [2.05, 4.69) is 15.0 Å². The molecular formula is C28H30N4O5S. The van der Waals surface area contributed by atoms with Crippen LogP contribution in [0.3, 0.4) is 0 Å². The first-order valence-electron chi connectivity index (χ1n) is 12.7. The van der Waals surface area contributed by atoms with E-state index in [0.29, 0.717) is 32.2 Å². The molecule has 38 heavy (non-hydrogen) atoms. The average molecular weight is 535 g/mol. The van der Waals surface area contributed by atoms with Crippen LogP contribution in [0.1, 0.15) is 37.3 Å². The number of piperazine rings is 1. The first kappa shape index (κ1) is 25.9. The summed E-state index contributed by atoms with van der Waals surface area (Å²) in [5.41, 5.74) is 2.35. The number of aromatic amines is 1. The number of benzene rings is 2. The molecule has 1 aliphatic heterocycles. The highest BCUT2D eigenvalue weighted by atomic mass is 32.2. The molecule has 0 spiro atoms. The highest BCUT2D eigenvalue weighted by molar-refractivity contribution is 7.89. The molecule has 2 heterocycles. The summed E-state index contributed by atoms with van der Waals surface area (Å²) in [7, 11) is -3.73. The summed E-state index contributed by atoms with van der Waals surface area (Å²) in [6.45, 7) is 0.407. The Balaban J connectivity index is 1.20. The molecule has 0 bridgehead atoms. The first-order chi connectivity index (χ1) is 18.3. The van der Waals surface area contributed by atoms with Gasteiger partial charge in [0.15, 0.2) is 0 Å². The predicted molar refractivity (Wildman–Crippen MR) is 142 cm³/mol. The Morgan fingerprint density at radius 1 is 0.868 bits per heavy atom. The van der Waals surface area contributed by atoms with E-state index >= 15 is 0 Å². The lowest BCUT2D eigenvalue weighted by Crippen LogP contribution is -2.54. The molecule has 1 saturated carbocycles. The van der Waals surface area contributed by atoms with E-state index in [9.17, 15) is 22.8 Å². The van der Waals surface area contributed by atoms with Crippen molar-refractivity contribution in [2.45, 2.75) is 42.7 Å². The Kier molecular flexibility index (Phi) is 7.44. The van der Waals surface area contributed by atoms with Crippen molar-refractivity contribution in [3.05, 3.63) is 88.8 Å². The molecule has 10 heteroatoms. The second-order valence-corrected chi connectivity index (χ2v) is 11.5. The molecule has 1 atom stereocenters. The molecule has 1 aromatic heterocycles. The normalized spacial score (nSPS) is 22.1. The number of amides is 2. The lowest BCUT2D eigenvalue weighted by molar-refractivity contribution is -0.145. The van der Waals surface area contributed by atoms with Crippen LogP contribution in [-0.2, 0) is 19.6 Å². The van der Waals surface area contributed by atoms with E-state index < -0.39 is 10.0 Å². The van der Waals surface area contributed by atoms with Crippen LogP contribution in [0.15, 0.2) is 82.6 Å². The van der Waals surface area contributed by atoms with Crippen molar-refractivity contribution in [2.24, 2.45) is 5.92 Å². The van der Waals surface area contributed by atoms with Gasteiger partial charge in [0.25, 0.3) is 0 Å². The van der Waals surface area contributed by atoms with Gasteiger partial charge in [0.05, 0.1) is 10.9 Å². The highest BCUT2D eigenvalue weighted by Crippen LogP contribution is 2.31. The van der Waals surface area contributed by atoms with Gasteiger partial charge in [0.1, 0.15) is 6.54 Å². The Labute approximate surface area is 221 Å². The van der Waals surface area contributed by atoms with E-state index in [-0.39, 0.29) is 46.8 Å². The largest absolute Gasteiger partial charge is 0.352 e. The molecule has 2 aromatic carbocycles. The van der Waals surface area contributed by atoms with Crippen molar-refractivity contribution in [2.75, 3.05) is 13.1 Å². The summed E-state index contributed by atoms with van der Waals surface area (Å²) in [6.07, 6.45) is 3.78. The maximum atomic E-state index is 13.5. The Hall–Kier alpha value is -3.76. The van der Waals surface area contributed by atoms with Crippen LogP contribution in [0, 0.1) is 5.92 Å². The number of carbonyl (C=O) groups excluding carboxylic acids is 2. The third kappa shape index (κ3) is 5.71. The minimum atomic E-state index is -3.73. The molecule has 1 aliphatic carbocycles. The van der Waals surface area contributed by atoms with Crippen LogP contribution >= 0.6 is 0 Å². The minimum Gasteiger partial charge on any atom is -0.352 e. The van der Waals surface area contributed by atoms with Crippen LogP contribution < -0.4 is 15.6 Å². The second-order valence-electron chi connectivity index (χ2n) is 9.83. The van der Waals surface area contributed by atoms with Crippen LogP contribution in [0.25, 0.3) is 11.1 Å². The summed E-state index contributed by atoms with van der Waals surface area (Å²) in [5.74, 6) is -0.462. The lowest BCUT2D eigenvalue weighted by atomic mass is 9.85. The van der Waals surface area contributed by atoms with Crippen LogP contribution in [-0.4, -0.2) is 49.2 Å². The number of hydrogen-bond acceptors (Lipinski definition) is 5. The van der Waals surface area contributed by atoms with Crippen molar-refractivity contribution in [3.63, 3.8) is 0 Å². The molecule has 9 nitrogen and oxygen atoms in total. The van der Waals surface area contributed by atoms with Crippen molar-refractivity contribution >= 4 is 21.8 Å². The van der Waals surface area contributed by atoms with E-state index in [1.165, 1.54) is 6.07 Å². The Bertz CT molecular complexity index is 1440. The topological polar surface area (TPSA) is 128 Å². The predicted octanol–water partition coefficient (Wildman–Crippen LogP) is 2.58. The summed E-state index contributed by atoms with van der Waals surface area (Å²) in [4.78, 5) is 41.3. The maximum absolute atomic E-state index is 13.5. The van der Waals surface area contributed by atoms with E-state index in [1.807, 2.05) is 30.3 Å². The summed E-state index contributed by atoms with van der Waals surface area (Å²) in [6, 6.07) is 18.8. The molecule has 5 rings (SSSR count). The number of rotatable bonds is 6. The van der Waals surface area contributed by atoms with Gasteiger partial charge in [-0.25, -0.2) is 13.1 Å². The fourth-order valence-corrected chi connectivity index (χ4v) is 6.55. The molecule has 2 fully saturated rings. The van der Waals surface area contributed by atoms with Gasteiger partial charge in [-0.15, -0.1) is 0 Å². The average Bonchev–Trinajstić information content (AvgIpc) is 2.94. The minimum absolute atomic E-state index is 0.0278. The molecule has 2 amide bonds. The van der Waals surface area contributed by atoms with Crippen LogP contribution in [0.2, 0.25) is 0 Å². The van der Waals surface area contributed by atoms with Crippen molar-refractivity contribution in [1.29, 1.82) is 0 Å². The van der Waals surface area contributed by atoms with Gasteiger partial charge in [0.2, 0.25) is 27.4 Å². The molecule has 0 radical (unpaired) electrons. The molecule has 198 valence electrons. The van der Waals surface area contributed by atoms with Gasteiger partial charge in [-0.1, -0.05) is 42.5 Å². The summed E-state index contributed by atoms with van der Waals surface area (Å²) in [5, 5.41) is 2.86. The van der Waals surface area contributed by atoms with Gasteiger partial charge in [-0.3, -0.25) is 14.4 Å². The zero-order chi connectivity index (χ0) is 26.7. The van der Waals surface area contributed by atoms with Crippen molar-refractivity contribution in [3.8, 4) is 11.1 Å². The van der Waals surface area contributed by atoms with Gasteiger partial charge in [-0.05, 0) is 60.6 Å². The molecule has 3 aromatic rings. The van der Waals surface area contributed by atoms with Crippen LogP contribution in [0.4, 0.5) is 0 Å². The van der Waals surface area contributed by atoms with Crippen molar-refractivity contribution in [1.82, 2.24) is 19.9 Å². The number of nitrogens with one attached hydrogen (secondary N) is 3. The lowest BCUT2D eigenvalue weighted by Gasteiger charge is -2.39. The number of sulfonamides is 1. The number of pyridine rings is 1. The SMILES string of the molecule is O=C1CN(C(=O)C2CCC(NS(=O)(=O)c3ccc(-c4ccc(=O)[nH]c4)cc3)CC2)[C@@H](c2ccccc2)CN1. The third-order valence-corrected chi connectivity index (χ3v) is 8.87. The zero-order valence-electron chi connectivity index (χ0n) is 20.8. The number of carbonyl (C=O) groups is 2. The molecule has 0 unspecified atom stereocenters. The molecule has 3 N–H and O–H groups in total. The summed E-state index contributed by atoms with van der Waals surface area (Å²) >= 11 is 0. The van der Waals surface area contributed by atoms with E-state index in [0.717, 1.165) is 16.7 Å². The Morgan fingerprint density at radius 3 is 2.21 bits per heavy atom. The van der Waals surface area contributed by atoms with Crippen LogP contribution in [0.5, 0.6) is 0 Å².